The van der Waals surface area contributed by atoms with E-state index in [4.69, 9.17) is 23.8 Å². The highest BCUT2D eigenvalue weighted by Gasteiger charge is 2.15. The van der Waals surface area contributed by atoms with Gasteiger partial charge in [-0.25, -0.2) is 4.39 Å². The average molecular weight is 460 g/mol. The average Bonchev–Trinajstić information content (AvgIpc) is 2.73. The third kappa shape index (κ3) is 6.45. The highest BCUT2D eigenvalue weighted by molar-refractivity contribution is 8.00. The monoisotopic (exact) mass is 459 g/mol. The summed E-state index contributed by atoms with van der Waals surface area (Å²) in [4.78, 5) is 13.3. The maximum absolute atomic E-state index is 13.2. The van der Waals surface area contributed by atoms with Gasteiger partial charge in [-0.2, -0.15) is 0 Å². The van der Waals surface area contributed by atoms with E-state index in [0.717, 1.165) is 16.3 Å². The van der Waals surface area contributed by atoms with E-state index >= 15 is 0 Å². The van der Waals surface area contributed by atoms with Gasteiger partial charge in [0.05, 0.1) is 10.3 Å². The summed E-state index contributed by atoms with van der Waals surface area (Å²) in [6, 6.07) is 21.4. The number of anilines is 3. The summed E-state index contributed by atoms with van der Waals surface area (Å²) in [7, 11) is 0. The molecule has 8 heteroatoms. The van der Waals surface area contributed by atoms with E-state index in [1.54, 1.807) is 6.92 Å². The molecule has 0 radical (unpaired) electrons. The molecule has 4 nitrogen and oxygen atoms in total. The Kier molecular flexibility index (Phi) is 7.68. The number of rotatable bonds is 6. The highest BCUT2D eigenvalue weighted by atomic mass is 35.5. The van der Waals surface area contributed by atoms with Crippen LogP contribution in [0.4, 0.5) is 21.5 Å². The van der Waals surface area contributed by atoms with E-state index in [1.807, 2.05) is 54.6 Å². The van der Waals surface area contributed by atoms with Crippen LogP contribution in [0.15, 0.2) is 77.7 Å². The molecule has 30 heavy (non-hydrogen) atoms. The van der Waals surface area contributed by atoms with E-state index in [9.17, 15) is 9.18 Å². The number of thioether (sulfide) groups is 1. The smallest absolute Gasteiger partial charge is 0.237 e. The van der Waals surface area contributed by atoms with E-state index in [2.05, 4.69) is 16.0 Å². The number of hydrogen-bond donors (Lipinski definition) is 3. The maximum Gasteiger partial charge on any atom is 0.237 e. The van der Waals surface area contributed by atoms with Gasteiger partial charge in [0, 0.05) is 22.0 Å². The summed E-state index contributed by atoms with van der Waals surface area (Å²) in [5.41, 5.74) is 2.20. The maximum atomic E-state index is 13.2. The minimum Gasteiger partial charge on any atom is -0.332 e. The van der Waals surface area contributed by atoms with Gasteiger partial charge in [-0.05, 0) is 73.7 Å². The van der Waals surface area contributed by atoms with Crippen molar-refractivity contribution in [1.82, 2.24) is 0 Å². The Morgan fingerprint density at radius 1 is 0.933 bits per heavy atom. The summed E-state index contributed by atoms with van der Waals surface area (Å²) in [5, 5.41) is 9.09. The molecule has 1 atom stereocenters. The van der Waals surface area contributed by atoms with Gasteiger partial charge in [-0.3, -0.25) is 4.79 Å². The number of para-hydroxylation sites is 1. The van der Waals surface area contributed by atoms with Crippen LogP contribution in [-0.2, 0) is 4.79 Å². The molecule has 3 rings (SSSR count). The lowest BCUT2D eigenvalue weighted by atomic mass is 10.3. The van der Waals surface area contributed by atoms with E-state index in [1.165, 1.54) is 30.0 Å². The Hall–Kier alpha value is -2.61. The van der Waals surface area contributed by atoms with Gasteiger partial charge in [0.2, 0.25) is 5.91 Å². The third-order valence-corrected chi connectivity index (χ3v) is 5.62. The van der Waals surface area contributed by atoms with Gasteiger partial charge in [-0.15, -0.1) is 11.8 Å². The molecule has 3 aromatic carbocycles. The summed E-state index contributed by atoms with van der Waals surface area (Å²) in [6.45, 7) is 1.80. The van der Waals surface area contributed by atoms with Crippen molar-refractivity contribution in [3.63, 3.8) is 0 Å². The molecule has 0 fully saturated rings. The molecule has 154 valence electrons. The molecule has 0 aliphatic rings. The van der Waals surface area contributed by atoms with Crippen LogP contribution in [0, 0.1) is 5.82 Å². The molecule has 0 saturated carbocycles. The lowest BCUT2D eigenvalue weighted by molar-refractivity contribution is -0.115. The third-order valence-electron chi connectivity index (χ3n) is 4.01. The van der Waals surface area contributed by atoms with Crippen molar-refractivity contribution in [1.29, 1.82) is 0 Å². The number of carbonyl (C=O) groups is 1. The van der Waals surface area contributed by atoms with Gasteiger partial charge >= 0.3 is 0 Å². The lowest BCUT2D eigenvalue weighted by Crippen LogP contribution is -2.22. The molecule has 3 N–H and O–H groups in total. The summed E-state index contributed by atoms with van der Waals surface area (Å²) in [5.74, 6) is -0.720. The largest absolute Gasteiger partial charge is 0.332 e. The zero-order valence-corrected chi connectivity index (χ0v) is 18.4. The SMILES string of the molecule is CC(Sc1ccc(NC(=S)Nc2ccccc2)cc1)C(=O)Nc1ccc(F)c(Cl)c1. The van der Waals surface area contributed by atoms with Gasteiger partial charge in [0.25, 0.3) is 0 Å². The molecule has 0 heterocycles. The summed E-state index contributed by atoms with van der Waals surface area (Å²) < 4.78 is 13.2. The molecule has 1 unspecified atom stereocenters. The first-order valence-corrected chi connectivity index (χ1v) is 10.7. The first-order chi connectivity index (χ1) is 14.4. The normalized spacial score (nSPS) is 11.4. The fourth-order valence-electron chi connectivity index (χ4n) is 2.51. The number of benzene rings is 3. The molecule has 0 spiro atoms. The van der Waals surface area contributed by atoms with E-state index in [0.29, 0.717) is 10.8 Å². The number of carbonyl (C=O) groups excluding carboxylic acids is 1. The Morgan fingerprint density at radius 2 is 1.53 bits per heavy atom. The summed E-state index contributed by atoms with van der Waals surface area (Å²) >= 11 is 12.5. The van der Waals surface area contributed by atoms with Crippen molar-refractivity contribution in [3.8, 4) is 0 Å². The zero-order chi connectivity index (χ0) is 21.5. The van der Waals surface area contributed by atoms with Gasteiger partial charge in [0.1, 0.15) is 5.82 Å². The number of halogens is 2. The quantitative estimate of drug-likeness (QED) is 0.294. The van der Waals surface area contributed by atoms with Crippen molar-refractivity contribution in [2.75, 3.05) is 16.0 Å². The van der Waals surface area contributed by atoms with Gasteiger partial charge in [0.15, 0.2) is 5.11 Å². The van der Waals surface area contributed by atoms with Crippen LogP contribution in [0.1, 0.15) is 6.92 Å². The second-order valence-corrected chi connectivity index (χ2v) is 8.58. The van der Waals surface area contributed by atoms with Crippen molar-refractivity contribution in [2.24, 2.45) is 0 Å². The first kappa shape index (κ1) is 22.1. The minimum absolute atomic E-state index is 0.0316. The number of amides is 1. The van der Waals surface area contributed by atoms with Crippen LogP contribution in [0.5, 0.6) is 0 Å². The molecule has 1 amide bonds. The first-order valence-electron chi connectivity index (χ1n) is 9.06. The van der Waals surface area contributed by atoms with Crippen molar-refractivity contribution >= 4 is 63.7 Å². The Bertz CT molecular complexity index is 1030. The molecule has 0 aliphatic carbocycles. The van der Waals surface area contributed by atoms with E-state index < -0.39 is 5.82 Å². The van der Waals surface area contributed by atoms with Crippen molar-refractivity contribution in [3.05, 3.63) is 83.6 Å². The molecule has 0 aliphatic heterocycles. The van der Waals surface area contributed by atoms with Crippen LogP contribution < -0.4 is 16.0 Å². The van der Waals surface area contributed by atoms with Crippen molar-refractivity contribution in [2.45, 2.75) is 17.1 Å². The Labute approximate surface area is 189 Å². The Balaban J connectivity index is 1.52. The number of nitrogens with one attached hydrogen (secondary N) is 3. The van der Waals surface area contributed by atoms with Gasteiger partial charge < -0.3 is 16.0 Å². The second kappa shape index (κ2) is 10.4. The van der Waals surface area contributed by atoms with Crippen LogP contribution in [0.25, 0.3) is 0 Å². The van der Waals surface area contributed by atoms with Gasteiger partial charge in [-0.1, -0.05) is 29.8 Å². The topological polar surface area (TPSA) is 53.2 Å². The molecular formula is C22H19ClFN3OS2. The molecule has 3 aromatic rings. The predicted molar refractivity (Wildman–Crippen MR) is 128 cm³/mol. The van der Waals surface area contributed by atoms with Crippen LogP contribution in [-0.4, -0.2) is 16.3 Å². The fraction of sp³-hybridized carbons (Fsp3) is 0.0909. The minimum atomic E-state index is -0.524. The van der Waals surface area contributed by atoms with Crippen LogP contribution in [0.3, 0.4) is 0 Å². The summed E-state index contributed by atoms with van der Waals surface area (Å²) in [6.07, 6.45) is 0. The second-order valence-electron chi connectivity index (χ2n) is 6.35. The predicted octanol–water partition coefficient (Wildman–Crippen LogP) is 6.41. The lowest BCUT2D eigenvalue weighted by Gasteiger charge is -2.13. The van der Waals surface area contributed by atoms with Crippen LogP contribution >= 0.6 is 35.6 Å². The fourth-order valence-corrected chi connectivity index (χ4v) is 3.79. The zero-order valence-electron chi connectivity index (χ0n) is 16.0. The number of thiocarbonyl (C=S) groups is 1. The standard InChI is InChI=1S/C22H19ClFN3OS2/c1-14(21(28)25-17-9-12-20(24)19(23)13-17)30-18-10-7-16(8-11-18)27-22(29)26-15-5-3-2-4-6-15/h2-14H,1H3,(H,25,28)(H2,26,27,29). The molecular weight excluding hydrogens is 441 g/mol. The molecule has 0 aromatic heterocycles. The highest BCUT2D eigenvalue weighted by Crippen LogP contribution is 2.26. The van der Waals surface area contributed by atoms with Crippen molar-refractivity contribution < 1.29 is 9.18 Å². The molecule has 0 bridgehead atoms. The van der Waals surface area contributed by atoms with Crippen LogP contribution in [0.2, 0.25) is 5.02 Å². The molecule has 0 saturated heterocycles. The van der Waals surface area contributed by atoms with E-state index in [-0.39, 0.29) is 16.2 Å². The number of hydrogen-bond acceptors (Lipinski definition) is 3. The Morgan fingerprint density at radius 3 is 2.17 bits per heavy atom.